The van der Waals surface area contributed by atoms with Gasteiger partial charge in [-0.05, 0) is 117 Å². The van der Waals surface area contributed by atoms with Gasteiger partial charge in [0, 0.05) is 0 Å². The first-order valence-electron chi connectivity index (χ1n) is 20.8. The molecule has 55 heavy (non-hydrogen) atoms. The van der Waals surface area contributed by atoms with E-state index in [2.05, 4.69) is 41.5 Å². The molecule has 3 heterocycles. The number of ether oxygens (including phenoxy) is 5. The highest BCUT2D eigenvalue weighted by atomic mass is 16.8. The lowest BCUT2D eigenvalue weighted by molar-refractivity contribution is -0.377. The van der Waals surface area contributed by atoms with E-state index in [4.69, 9.17) is 23.7 Å². The number of fused-ring (bicyclic) bond motifs is 5. The summed E-state index contributed by atoms with van der Waals surface area (Å²) in [5.41, 5.74) is -3.33. The second kappa shape index (κ2) is 14.3. The first-order valence-corrected chi connectivity index (χ1v) is 20.8. The molecular formula is C41H70O14. The zero-order valence-corrected chi connectivity index (χ0v) is 34.0. The second-order valence-corrected chi connectivity index (χ2v) is 20.8. The van der Waals surface area contributed by atoms with E-state index in [9.17, 15) is 46.0 Å². The quantitative estimate of drug-likeness (QED) is 0.164. The van der Waals surface area contributed by atoms with E-state index in [0.717, 1.165) is 25.7 Å². The summed E-state index contributed by atoms with van der Waals surface area (Å²) >= 11 is 0. The van der Waals surface area contributed by atoms with Crippen LogP contribution < -0.4 is 0 Å². The minimum atomic E-state index is -1.68. The van der Waals surface area contributed by atoms with Crippen LogP contribution >= 0.6 is 0 Å². The topological polar surface area (TPSA) is 228 Å². The summed E-state index contributed by atoms with van der Waals surface area (Å²) in [7, 11) is 0. The Balaban J connectivity index is 1.25. The van der Waals surface area contributed by atoms with Crippen LogP contribution in [0.3, 0.4) is 0 Å². The third-order valence-electron chi connectivity index (χ3n) is 17.0. The fourth-order valence-corrected chi connectivity index (χ4v) is 13.9. The zero-order chi connectivity index (χ0) is 40.4. The normalized spacial score (nSPS) is 56.8. The Morgan fingerprint density at radius 3 is 2.07 bits per heavy atom. The number of aliphatic hydroxyl groups is 9. The van der Waals surface area contributed by atoms with Gasteiger partial charge in [-0.2, -0.15) is 0 Å². The Labute approximate surface area is 325 Å². The average molecular weight is 787 g/mol. The largest absolute Gasteiger partial charge is 0.394 e. The maximum Gasteiger partial charge on any atom is 0.187 e. The van der Waals surface area contributed by atoms with Crippen molar-refractivity contribution in [3.8, 4) is 0 Å². The van der Waals surface area contributed by atoms with Crippen molar-refractivity contribution in [1.29, 1.82) is 0 Å². The van der Waals surface area contributed by atoms with Gasteiger partial charge in [0.05, 0.1) is 48.8 Å². The molecule has 7 aliphatic rings. The lowest BCUT2D eigenvalue weighted by Crippen LogP contribution is -2.71. The molecule has 0 spiro atoms. The highest BCUT2D eigenvalue weighted by Crippen LogP contribution is 2.76. The first-order chi connectivity index (χ1) is 25.4. The van der Waals surface area contributed by atoms with Crippen LogP contribution in [0.2, 0.25) is 0 Å². The standard InChI is InChI=1S/C41H70O14/c1-36(2)25(45)10-12-38(5)24-15-20(43)27-19(41(8)14-11-26(55-41)37(3,4)50)9-13-39(27,6)40(24,7)16-22(33(36)38)52-35-32(30(48)29(47)23(17-42)53-35)54-34-31(49)28(46)21(44)18-51-34/h19-35,42-50H,9-18H2,1-8H3/t19-,20?,21+,22?,23+,24+,25?,26?,27-,28-,29+,30-,31+,32+,33-,34-,35+,38+,39+,40+,41-/m0/s1. The van der Waals surface area contributed by atoms with Crippen LogP contribution in [0.1, 0.15) is 107 Å². The molecular weight excluding hydrogens is 716 g/mol. The van der Waals surface area contributed by atoms with Crippen molar-refractivity contribution < 1.29 is 69.6 Å². The first kappa shape index (κ1) is 42.6. The highest BCUT2D eigenvalue weighted by molar-refractivity contribution is 5.22. The Morgan fingerprint density at radius 2 is 1.44 bits per heavy atom. The van der Waals surface area contributed by atoms with Gasteiger partial charge in [0.25, 0.3) is 0 Å². The van der Waals surface area contributed by atoms with Gasteiger partial charge in [-0.15, -0.1) is 0 Å². The van der Waals surface area contributed by atoms with Crippen LogP contribution in [-0.2, 0) is 23.7 Å². The van der Waals surface area contributed by atoms with Crippen molar-refractivity contribution >= 4 is 0 Å². The Hall–Kier alpha value is -0.560. The van der Waals surface area contributed by atoms with Crippen molar-refractivity contribution in [1.82, 2.24) is 0 Å². The third kappa shape index (κ3) is 6.50. The fourth-order valence-electron chi connectivity index (χ4n) is 13.9. The summed E-state index contributed by atoms with van der Waals surface area (Å²) in [5.74, 6) is -0.233. The maximum absolute atomic E-state index is 12.4. The lowest BCUT2D eigenvalue weighted by atomic mass is 9.34. The van der Waals surface area contributed by atoms with Crippen molar-refractivity contribution in [3.05, 3.63) is 0 Å². The SMILES string of the molecule is CC(C)(O)C1CC[C@@](C)([C@H]2CC[C@]3(C)[C@@H]2C(O)C[C@@H]2[C@@]4(C)CCC(O)C(C)(C)[C@@H]4C(O[C@@H]4O[C@H](CO)[C@@H](O)[C@H](O)[C@H]4O[C@@H]4OC[C@@H](O)[C@H](O)[C@H]4O)C[C@]23C)O1. The number of rotatable bonds is 7. The molecule has 9 N–H and O–H groups in total. The smallest absolute Gasteiger partial charge is 0.187 e. The van der Waals surface area contributed by atoms with Crippen LogP contribution in [0.25, 0.3) is 0 Å². The van der Waals surface area contributed by atoms with Crippen LogP contribution in [0.5, 0.6) is 0 Å². The molecule has 14 nitrogen and oxygen atoms in total. The number of hydrogen-bond acceptors (Lipinski definition) is 14. The van der Waals surface area contributed by atoms with Crippen LogP contribution in [0, 0.1) is 45.3 Å². The molecule has 21 atom stereocenters. The summed E-state index contributed by atoms with van der Waals surface area (Å²) < 4.78 is 31.6. The van der Waals surface area contributed by atoms with E-state index in [1.54, 1.807) is 13.8 Å². The minimum absolute atomic E-state index is 0.0590. The molecule has 0 aromatic heterocycles. The fraction of sp³-hybridized carbons (Fsp3) is 1.00. The number of aliphatic hydroxyl groups excluding tert-OH is 8. The summed E-state index contributed by atoms with van der Waals surface area (Å²) in [4.78, 5) is 0. The van der Waals surface area contributed by atoms with Gasteiger partial charge in [0.15, 0.2) is 12.6 Å². The molecule has 318 valence electrons. The highest BCUT2D eigenvalue weighted by Gasteiger charge is 2.74. The monoisotopic (exact) mass is 786 g/mol. The van der Waals surface area contributed by atoms with Crippen molar-refractivity contribution in [2.24, 2.45) is 45.3 Å². The summed E-state index contributed by atoms with van der Waals surface area (Å²) in [6.07, 6.45) is -9.89. The van der Waals surface area contributed by atoms with E-state index in [0.29, 0.717) is 25.7 Å². The molecule has 0 aromatic rings. The Morgan fingerprint density at radius 1 is 0.745 bits per heavy atom. The second-order valence-electron chi connectivity index (χ2n) is 20.8. The average Bonchev–Trinajstić information content (AvgIpc) is 3.70. The molecule has 0 amide bonds. The van der Waals surface area contributed by atoms with Crippen molar-refractivity contribution in [3.63, 3.8) is 0 Å². The molecule has 4 unspecified atom stereocenters. The lowest BCUT2D eigenvalue weighted by Gasteiger charge is -2.72. The van der Waals surface area contributed by atoms with E-state index in [1.807, 2.05) is 0 Å². The molecule has 4 saturated carbocycles. The van der Waals surface area contributed by atoms with Gasteiger partial charge in [-0.3, -0.25) is 0 Å². The van der Waals surface area contributed by atoms with Gasteiger partial charge < -0.3 is 69.6 Å². The van der Waals surface area contributed by atoms with Crippen molar-refractivity contribution in [2.45, 2.75) is 198 Å². The van der Waals surface area contributed by atoms with Gasteiger partial charge in [0.1, 0.15) is 42.7 Å². The van der Waals surface area contributed by atoms with Crippen LogP contribution in [0.4, 0.5) is 0 Å². The van der Waals surface area contributed by atoms with Crippen LogP contribution in [-0.4, -0.2) is 150 Å². The molecule has 0 aromatic carbocycles. The summed E-state index contributed by atoms with van der Waals surface area (Å²) in [6.45, 7) is 15.8. The summed E-state index contributed by atoms with van der Waals surface area (Å²) in [5, 5.41) is 98.7. The third-order valence-corrected chi connectivity index (χ3v) is 17.0. The molecule has 0 radical (unpaired) electrons. The van der Waals surface area contributed by atoms with E-state index >= 15 is 0 Å². The Kier molecular flexibility index (Phi) is 11.1. The maximum atomic E-state index is 12.4. The van der Waals surface area contributed by atoms with E-state index in [1.165, 1.54) is 0 Å². The molecule has 14 heteroatoms. The molecule has 3 saturated heterocycles. The van der Waals surface area contributed by atoms with Crippen LogP contribution in [0.15, 0.2) is 0 Å². The van der Waals surface area contributed by atoms with Gasteiger partial charge in [-0.25, -0.2) is 0 Å². The predicted molar refractivity (Wildman–Crippen MR) is 196 cm³/mol. The zero-order valence-electron chi connectivity index (χ0n) is 34.0. The van der Waals surface area contributed by atoms with Gasteiger partial charge in [0.2, 0.25) is 0 Å². The minimum Gasteiger partial charge on any atom is -0.394 e. The van der Waals surface area contributed by atoms with Gasteiger partial charge in [-0.1, -0.05) is 34.6 Å². The van der Waals surface area contributed by atoms with Crippen molar-refractivity contribution in [2.75, 3.05) is 13.2 Å². The Bertz CT molecular complexity index is 1390. The molecule has 3 aliphatic heterocycles. The predicted octanol–water partition coefficient (Wildman–Crippen LogP) is 0.970. The van der Waals surface area contributed by atoms with Gasteiger partial charge >= 0.3 is 0 Å². The molecule has 0 bridgehead atoms. The number of hydrogen-bond donors (Lipinski definition) is 9. The summed E-state index contributed by atoms with van der Waals surface area (Å²) in [6, 6.07) is 0. The van der Waals surface area contributed by atoms with E-state index < -0.39 is 108 Å². The molecule has 4 aliphatic carbocycles. The molecule has 7 rings (SSSR count). The molecule has 7 fully saturated rings. The van der Waals surface area contributed by atoms with E-state index in [-0.39, 0.29) is 41.8 Å².